The van der Waals surface area contributed by atoms with Gasteiger partial charge in [0.1, 0.15) is 5.71 Å². The van der Waals surface area contributed by atoms with Crippen LogP contribution < -0.4 is 0 Å². The van der Waals surface area contributed by atoms with E-state index < -0.39 is 11.9 Å². The molecule has 0 bridgehead atoms. The first-order valence-corrected chi connectivity index (χ1v) is 19.3. The lowest BCUT2D eigenvalue weighted by Crippen LogP contribution is -2.18. The van der Waals surface area contributed by atoms with Gasteiger partial charge in [0.05, 0.1) is 5.52 Å². The standard InChI is InChI=1S/C48H45N3O5/c1-6-8-17-33(7-2)29-51-44-26-25-35(45(49-55-31(4)52)36-20-11-9-16-30(36)3)27-41(44)42-28-43(38-22-13-14-23-40(38)47(42)51)48(54)46(50-56-32(5)53)39-24-15-19-34-18-10-12-21-37(34)39/h9-16,18-28,33H,6-8,17,29H2,1-5H3/b49-45+,50-46+. The number of carbonyl (C=O) groups excluding carboxylic acids is 3. The van der Waals surface area contributed by atoms with Gasteiger partial charge in [-0.15, -0.1) is 0 Å². The van der Waals surface area contributed by atoms with Crippen LogP contribution in [0.2, 0.25) is 0 Å². The van der Waals surface area contributed by atoms with Crippen LogP contribution in [-0.4, -0.2) is 33.7 Å². The number of fused-ring (bicyclic) bond motifs is 6. The largest absolute Gasteiger partial charge is 0.340 e. The maximum atomic E-state index is 15.1. The molecule has 1 heterocycles. The Kier molecular flexibility index (Phi) is 11.2. The van der Waals surface area contributed by atoms with Crippen molar-refractivity contribution in [2.45, 2.75) is 66.8 Å². The molecule has 0 saturated carbocycles. The van der Waals surface area contributed by atoms with Crippen LogP contribution in [0, 0.1) is 12.8 Å². The molecule has 0 saturated heterocycles. The van der Waals surface area contributed by atoms with Gasteiger partial charge >= 0.3 is 11.9 Å². The number of nitrogens with zero attached hydrogens (tertiary/aromatic N) is 3. The Morgan fingerprint density at radius 3 is 2.05 bits per heavy atom. The van der Waals surface area contributed by atoms with Gasteiger partial charge in [-0.25, -0.2) is 9.59 Å². The minimum Gasteiger partial charge on any atom is -0.340 e. The Bertz CT molecular complexity index is 2700. The number of ketones is 1. The molecule has 1 atom stereocenters. The highest BCUT2D eigenvalue weighted by Crippen LogP contribution is 2.39. The molecule has 0 aliphatic heterocycles. The third kappa shape index (κ3) is 7.47. The molecule has 1 aromatic heterocycles. The summed E-state index contributed by atoms with van der Waals surface area (Å²) in [5.74, 6) is -1.07. The summed E-state index contributed by atoms with van der Waals surface area (Å²) < 4.78 is 2.41. The van der Waals surface area contributed by atoms with E-state index in [4.69, 9.17) is 9.68 Å². The number of aryl methyl sites for hydroxylation is 1. The van der Waals surface area contributed by atoms with Crippen molar-refractivity contribution in [2.24, 2.45) is 16.2 Å². The molecule has 0 N–H and O–H groups in total. The van der Waals surface area contributed by atoms with Crippen molar-refractivity contribution in [3.05, 3.63) is 143 Å². The van der Waals surface area contributed by atoms with E-state index in [1.165, 1.54) is 13.8 Å². The molecule has 0 aliphatic rings. The van der Waals surface area contributed by atoms with Crippen LogP contribution >= 0.6 is 0 Å². The molecule has 1 unspecified atom stereocenters. The molecule has 7 rings (SSSR count). The molecule has 8 heteroatoms. The predicted octanol–water partition coefficient (Wildman–Crippen LogP) is 11.1. The summed E-state index contributed by atoms with van der Waals surface area (Å²) in [6.45, 7) is 9.87. The summed E-state index contributed by atoms with van der Waals surface area (Å²) in [7, 11) is 0. The SMILES string of the molecule is CCCCC(CC)Cn1c2ccc(/C(=N\OC(C)=O)c3ccccc3C)cc2c2cc(C(=O)/C(=N/OC(C)=O)c3cccc4ccccc34)c3ccccc3c21. The number of unbranched alkanes of at least 4 members (excludes halogenated alkanes) is 1. The molecule has 0 radical (unpaired) electrons. The van der Waals surface area contributed by atoms with Crippen molar-refractivity contribution >= 4 is 72.5 Å². The van der Waals surface area contributed by atoms with Gasteiger partial charge in [0.2, 0.25) is 5.78 Å². The van der Waals surface area contributed by atoms with E-state index in [0.29, 0.717) is 22.8 Å². The highest BCUT2D eigenvalue weighted by molar-refractivity contribution is 6.55. The summed E-state index contributed by atoms with van der Waals surface area (Å²) in [5.41, 5.74) is 6.19. The normalized spacial score (nSPS) is 12.7. The first-order valence-electron chi connectivity index (χ1n) is 19.3. The second kappa shape index (κ2) is 16.5. The van der Waals surface area contributed by atoms with E-state index in [9.17, 15) is 9.59 Å². The summed E-state index contributed by atoms with van der Waals surface area (Å²) >= 11 is 0. The molecule has 7 aromatic rings. The third-order valence-corrected chi connectivity index (χ3v) is 10.6. The van der Waals surface area contributed by atoms with Crippen LogP contribution in [0.5, 0.6) is 0 Å². The Morgan fingerprint density at radius 2 is 1.32 bits per heavy atom. The Morgan fingerprint density at radius 1 is 0.661 bits per heavy atom. The summed E-state index contributed by atoms with van der Waals surface area (Å²) in [6.07, 6.45) is 4.40. The smallest absolute Gasteiger partial charge is 0.332 e. The van der Waals surface area contributed by atoms with Crippen molar-refractivity contribution < 1.29 is 24.1 Å². The number of hydrogen-bond acceptors (Lipinski definition) is 7. The van der Waals surface area contributed by atoms with Gasteiger partial charge in [0.15, 0.2) is 5.71 Å². The van der Waals surface area contributed by atoms with Crippen molar-refractivity contribution in [3.63, 3.8) is 0 Å². The molecular weight excluding hydrogens is 699 g/mol. The van der Waals surface area contributed by atoms with Crippen LogP contribution in [0.4, 0.5) is 0 Å². The van der Waals surface area contributed by atoms with Crippen molar-refractivity contribution in [1.82, 2.24) is 4.57 Å². The zero-order chi connectivity index (χ0) is 39.3. The molecule has 0 fully saturated rings. The number of carbonyl (C=O) groups is 3. The van der Waals surface area contributed by atoms with Crippen LogP contribution in [0.25, 0.3) is 43.4 Å². The second-order valence-corrected chi connectivity index (χ2v) is 14.3. The summed E-state index contributed by atoms with van der Waals surface area (Å²) in [6, 6.07) is 37.4. The molecule has 0 spiro atoms. The zero-order valence-electron chi connectivity index (χ0n) is 32.5. The van der Waals surface area contributed by atoms with Crippen LogP contribution in [0.15, 0.2) is 126 Å². The average Bonchev–Trinajstić information content (AvgIpc) is 3.52. The predicted molar refractivity (Wildman–Crippen MR) is 225 cm³/mol. The first-order chi connectivity index (χ1) is 27.2. The molecule has 282 valence electrons. The number of rotatable bonds is 13. The monoisotopic (exact) mass is 743 g/mol. The number of Topliss-reactive ketones (excluding diaryl/α,β-unsaturated/α-hetero) is 1. The van der Waals surface area contributed by atoms with Crippen LogP contribution in [0.3, 0.4) is 0 Å². The van der Waals surface area contributed by atoms with Crippen LogP contribution in [-0.2, 0) is 25.8 Å². The van der Waals surface area contributed by atoms with E-state index in [1.54, 1.807) is 0 Å². The maximum Gasteiger partial charge on any atom is 0.332 e. The second-order valence-electron chi connectivity index (χ2n) is 14.3. The minimum absolute atomic E-state index is 0.0342. The van der Waals surface area contributed by atoms with Gasteiger partial charge in [0.25, 0.3) is 0 Å². The van der Waals surface area contributed by atoms with E-state index in [-0.39, 0.29) is 11.5 Å². The van der Waals surface area contributed by atoms with Gasteiger partial charge < -0.3 is 14.2 Å². The number of hydrogen-bond donors (Lipinski definition) is 0. The molecule has 6 aromatic carbocycles. The van der Waals surface area contributed by atoms with Crippen molar-refractivity contribution in [1.29, 1.82) is 0 Å². The molecular formula is C48H45N3O5. The lowest BCUT2D eigenvalue weighted by molar-refractivity contribution is -0.141. The Labute approximate surface area is 326 Å². The quantitative estimate of drug-likeness (QED) is 0.0507. The van der Waals surface area contributed by atoms with Crippen molar-refractivity contribution in [3.8, 4) is 0 Å². The summed E-state index contributed by atoms with van der Waals surface area (Å²) in [4.78, 5) is 49.8. The lowest BCUT2D eigenvalue weighted by atomic mass is 9.91. The number of benzene rings is 6. The highest BCUT2D eigenvalue weighted by Gasteiger charge is 2.26. The van der Waals surface area contributed by atoms with Gasteiger partial charge in [-0.1, -0.05) is 140 Å². The fourth-order valence-corrected chi connectivity index (χ4v) is 7.75. The van der Waals surface area contributed by atoms with E-state index in [1.807, 2.05) is 104 Å². The van der Waals surface area contributed by atoms with E-state index >= 15 is 4.79 Å². The number of oxime groups is 2. The average molecular weight is 744 g/mol. The topological polar surface area (TPSA) is 99.3 Å². The van der Waals surface area contributed by atoms with Crippen molar-refractivity contribution in [2.75, 3.05) is 0 Å². The molecule has 56 heavy (non-hydrogen) atoms. The molecule has 8 nitrogen and oxygen atoms in total. The lowest BCUT2D eigenvalue weighted by Gasteiger charge is -2.19. The fourth-order valence-electron chi connectivity index (χ4n) is 7.75. The van der Waals surface area contributed by atoms with Gasteiger partial charge in [-0.2, -0.15) is 0 Å². The summed E-state index contributed by atoms with van der Waals surface area (Å²) in [5, 5.41) is 13.8. The Balaban J connectivity index is 1.53. The minimum atomic E-state index is -0.625. The molecule has 0 aliphatic carbocycles. The Hall–Kier alpha value is -6.41. The fraction of sp³-hybridized carbons (Fsp3) is 0.229. The van der Waals surface area contributed by atoms with E-state index in [0.717, 1.165) is 92.3 Å². The van der Waals surface area contributed by atoms with Gasteiger partial charge in [-0.05, 0) is 59.2 Å². The first kappa shape index (κ1) is 37.9. The zero-order valence-corrected chi connectivity index (χ0v) is 32.5. The third-order valence-electron chi connectivity index (χ3n) is 10.6. The van der Waals surface area contributed by atoms with E-state index in [2.05, 4.69) is 46.9 Å². The van der Waals surface area contributed by atoms with Gasteiger partial charge in [-0.3, -0.25) is 4.79 Å². The number of aromatic nitrogens is 1. The van der Waals surface area contributed by atoms with Crippen LogP contribution in [0.1, 0.15) is 86.0 Å². The molecule has 0 amide bonds. The van der Waals surface area contributed by atoms with Gasteiger partial charge in [0, 0.05) is 64.3 Å². The maximum absolute atomic E-state index is 15.1. The highest BCUT2D eigenvalue weighted by atomic mass is 16.7.